The van der Waals surface area contributed by atoms with E-state index in [-0.39, 0.29) is 12.5 Å². The summed E-state index contributed by atoms with van der Waals surface area (Å²) in [5.41, 5.74) is 7.23. The van der Waals surface area contributed by atoms with Crippen molar-refractivity contribution >= 4 is 55.2 Å². The number of hydrogen-bond donors (Lipinski definition) is 0. The molecule has 3 heterocycles. The molecule has 1 fully saturated rings. The number of aryl methyl sites for hydroxylation is 2. The van der Waals surface area contributed by atoms with E-state index >= 15 is 0 Å². The number of thiazole rings is 1. The number of carbonyl (C=O) groups is 1. The van der Waals surface area contributed by atoms with Crippen molar-refractivity contribution in [2.45, 2.75) is 59.0 Å². The zero-order valence-electron chi connectivity index (χ0n) is 26.5. The number of benzene rings is 3. The van der Waals surface area contributed by atoms with Crippen LogP contribution in [-0.4, -0.2) is 57.9 Å². The number of aromatic nitrogens is 3. The van der Waals surface area contributed by atoms with Crippen molar-refractivity contribution in [3.05, 3.63) is 76.4 Å². The Hall–Kier alpha value is -3.50. The molecule has 1 unspecified atom stereocenters. The molecular formula is C35H40ClN5O3S. The molecule has 0 amide bonds. The van der Waals surface area contributed by atoms with Crippen LogP contribution in [-0.2, 0) is 28.0 Å². The molecular weight excluding hydrogens is 606 g/mol. The van der Waals surface area contributed by atoms with Gasteiger partial charge < -0.3 is 4.90 Å². The van der Waals surface area contributed by atoms with E-state index in [9.17, 15) is 4.79 Å². The largest absolute Gasteiger partial charge is 0.346 e. The summed E-state index contributed by atoms with van der Waals surface area (Å²) < 4.78 is 2.97. The number of unbranched alkanes of at least 4 members (excludes halogenated alkanes) is 1. The number of fused-ring (bicyclic) bond motifs is 2. The average molecular weight is 646 g/mol. The summed E-state index contributed by atoms with van der Waals surface area (Å²) in [7, 11) is 1.98. The third kappa shape index (κ3) is 6.58. The number of hydrogen-bond acceptors (Lipinski definition) is 8. The molecule has 1 saturated heterocycles. The third-order valence-corrected chi connectivity index (χ3v) is 10.1. The normalized spacial score (nSPS) is 15.9. The number of nitrogens with zero attached hydrogens (tertiary/aromatic N) is 5. The molecule has 0 spiro atoms. The number of piperazine rings is 1. The first-order valence-electron chi connectivity index (χ1n) is 15.7. The average Bonchev–Trinajstić information content (AvgIpc) is 3.62. The smallest absolute Gasteiger partial charge is 0.345 e. The standard InChI is InChI=1S/C35H40ClN5O3S/c1-6-7-16-43-44-32(42)19-28-23(4)17-29-34(33(28)24-8-11-27(36)12-9-24)45-35(38-29)40-14-15-41(22(2)3)31(21-40)25-10-13-30-26(18-25)20-37-39(30)5/h8-13,17-18,20,22,31H,6-7,14-16,19,21H2,1-5H3. The Morgan fingerprint density at radius 1 is 1.13 bits per heavy atom. The molecule has 45 heavy (non-hydrogen) atoms. The van der Waals surface area contributed by atoms with Crippen LogP contribution < -0.4 is 4.90 Å². The van der Waals surface area contributed by atoms with Gasteiger partial charge in [0.25, 0.3) is 0 Å². The summed E-state index contributed by atoms with van der Waals surface area (Å²) >= 11 is 7.96. The second kappa shape index (κ2) is 13.5. The van der Waals surface area contributed by atoms with Crippen LogP contribution in [0.2, 0.25) is 5.02 Å². The molecule has 0 N–H and O–H groups in total. The number of halogens is 1. The zero-order chi connectivity index (χ0) is 31.7. The first-order chi connectivity index (χ1) is 21.7. The maximum Gasteiger partial charge on any atom is 0.346 e. The van der Waals surface area contributed by atoms with Crippen LogP contribution in [0, 0.1) is 6.92 Å². The lowest BCUT2D eigenvalue weighted by molar-refractivity contribution is -0.272. The Labute approximate surface area is 273 Å². The predicted octanol–water partition coefficient (Wildman–Crippen LogP) is 7.90. The van der Waals surface area contributed by atoms with Crippen LogP contribution in [0.25, 0.3) is 32.2 Å². The van der Waals surface area contributed by atoms with Gasteiger partial charge in [-0.2, -0.15) is 9.99 Å². The lowest BCUT2D eigenvalue weighted by atomic mass is 9.93. The second-order valence-electron chi connectivity index (χ2n) is 12.1. The zero-order valence-corrected chi connectivity index (χ0v) is 28.1. The topological polar surface area (TPSA) is 72.7 Å². The van der Waals surface area contributed by atoms with Crippen molar-refractivity contribution < 1.29 is 14.6 Å². The molecule has 2 aromatic heterocycles. The molecule has 1 atom stereocenters. The molecule has 6 rings (SSSR count). The fourth-order valence-electron chi connectivity index (χ4n) is 6.27. The van der Waals surface area contributed by atoms with Gasteiger partial charge in [0.1, 0.15) is 0 Å². The maximum absolute atomic E-state index is 12.9. The van der Waals surface area contributed by atoms with E-state index in [1.807, 2.05) is 49.1 Å². The molecule has 5 aromatic rings. The minimum Gasteiger partial charge on any atom is -0.345 e. The van der Waals surface area contributed by atoms with Crippen LogP contribution in [0.15, 0.2) is 54.7 Å². The number of rotatable bonds is 10. The molecule has 236 valence electrons. The Bertz CT molecular complexity index is 1820. The molecule has 8 nitrogen and oxygen atoms in total. The predicted molar refractivity (Wildman–Crippen MR) is 183 cm³/mol. The highest BCUT2D eigenvalue weighted by atomic mass is 35.5. The van der Waals surface area contributed by atoms with Crippen molar-refractivity contribution in [3.63, 3.8) is 0 Å². The third-order valence-electron chi connectivity index (χ3n) is 8.70. The van der Waals surface area contributed by atoms with Gasteiger partial charge in [-0.3, -0.25) is 14.5 Å². The summed E-state index contributed by atoms with van der Waals surface area (Å²) in [5.74, 6) is -0.410. The van der Waals surface area contributed by atoms with E-state index in [1.54, 1.807) is 11.3 Å². The Balaban J connectivity index is 1.36. The van der Waals surface area contributed by atoms with E-state index < -0.39 is 5.97 Å². The monoisotopic (exact) mass is 645 g/mol. The highest BCUT2D eigenvalue weighted by Crippen LogP contribution is 2.42. The second-order valence-corrected chi connectivity index (χ2v) is 13.5. The lowest BCUT2D eigenvalue weighted by Gasteiger charge is -2.43. The highest BCUT2D eigenvalue weighted by Gasteiger charge is 2.32. The molecule has 10 heteroatoms. The summed E-state index contributed by atoms with van der Waals surface area (Å²) in [5, 5.41) is 7.26. The fraction of sp³-hybridized carbons (Fsp3) is 0.400. The van der Waals surface area contributed by atoms with Crippen molar-refractivity contribution in [1.29, 1.82) is 0 Å². The first-order valence-corrected chi connectivity index (χ1v) is 16.9. The molecule has 0 aliphatic carbocycles. The number of carbonyl (C=O) groups excluding carboxylic acids is 1. The van der Waals surface area contributed by atoms with Crippen LogP contribution in [0.4, 0.5) is 5.13 Å². The van der Waals surface area contributed by atoms with Crippen molar-refractivity contribution in [2.75, 3.05) is 31.1 Å². The summed E-state index contributed by atoms with van der Waals surface area (Å²) in [6, 6.07) is 17.2. The van der Waals surface area contributed by atoms with Gasteiger partial charge in [0, 0.05) is 48.7 Å². The van der Waals surface area contributed by atoms with Crippen molar-refractivity contribution in [3.8, 4) is 11.1 Å². The molecule has 1 aliphatic rings. The van der Waals surface area contributed by atoms with Gasteiger partial charge in [-0.25, -0.2) is 9.78 Å². The van der Waals surface area contributed by atoms with E-state index in [2.05, 4.69) is 59.9 Å². The fourth-order valence-corrected chi connectivity index (χ4v) is 7.57. The van der Waals surface area contributed by atoms with Crippen LogP contribution in [0.3, 0.4) is 0 Å². The Morgan fingerprint density at radius 3 is 2.69 bits per heavy atom. The summed E-state index contributed by atoms with van der Waals surface area (Å²) in [6.45, 7) is 11.7. The number of anilines is 1. The maximum atomic E-state index is 12.9. The van der Waals surface area contributed by atoms with Gasteiger partial charge in [0.05, 0.1) is 41.0 Å². The van der Waals surface area contributed by atoms with Gasteiger partial charge in [0.2, 0.25) is 0 Å². The van der Waals surface area contributed by atoms with Gasteiger partial charge >= 0.3 is 5.97 Å². The Kier molecular flexibility index (Phi) is 9.42. The minimum absolute atomic E-state index is 0.102. The molecule has 0 saturated carbocycles. The van der Waals surface area contributed by atoms with Crippen molar-refractivity contribution in [1.82, 2.24) is 19.7 Å². The molecule has 1 aliphatic heterocycles. The Morgan fingerprint density at radius 2 is 1.93 bits per heavy atom. The van der Waals surface area contributed by atoms with Gasteiger partial charge in [-0.1, -0.05) is 54.5 Å². The van der Waals surface area contributed by atoms with Crippen LogP contribution in [0.1, 0.15) is 56.3 Å². The van der Waals surface area contributed by atoms with Crippen LogP contribution >= 0.6 is 22.9 Å². The molecule has 0 radical (unpaired) electrons. The van der Waals surface area contributed by atoms with Gasteiger partial charge in [-0.05, 0) is 79.8 Å². The molecule has 0 bridgehead atoms. The molecule has 3 aromatic carbocycles. The van der Waals surface area contributed by atoms with E-state index in [4.69, 9.17) is 26.4 Å². The van der Waals surface area contributed by atoms with Gasteiger partial charge in [-0.15, -0.1) is 0 Å². The minimum atomic E-state index is -0.410. The summed E-state index contributed by atoms with van der Waals surface area (Å²) in [4.78, 5) is 33.4. The SMILES string of the molecule is CCCCOOC(=O)Cc1c(C)cc2nc(N3CCN(C(C)C)C(c4ccc5c(cnn5C)c4)C3)sc2c1-c1ccc(Cl)cc1. The van der Waals surface area contributed by atoms with Crippen molar-refractivity contribution in [2.24, 2.45) is 7.05 Å². The van der Waals surface area contributed by atoms with E-state index in [0.29, 0.717) is 17.7 Å². The van der Waals surface area contributed by atoms with E-state index in [1.165, 1.54) is 5.56 Å². The first kappa shape index (κ1) is 31.5. The highest BCUT2D eigenvalue weighted by molar-refractivity contribution is 7.22. The summed E-state index contributed by atoms with van der Waals surface area (Å²) in [6.07, 6.45) is 3.85. The van der Waals surface area contributed by atoms with Gasteiger partial charge in [0.15, 0.2) is 5.13 Å². The lowest BCUT2D eigenvalue weighted by Crippen LogP contribution is -2.50. The quantitative estimate of drug-likeness (QED) is 0.0868. The van der Waals surface area contributed by atoms with Crippen LogP contribution in [0.5, 0.6) is 0 Å². The van der Waals surface area contributed by atoms with E-state index in [0.717, 1.165) is 81.0 Å².